The number of hydrogen-bond donors (Lipinski definition) is 1. The van der Waals surface area contributed by atoms with Gasteiger partial charge in [-0.25, -0.2) is 4.98 Å². The molecule has 0 amide bonds. The second-order valence-corrected chi connectivity index (χ2v) is 5.29. The molecule has 0 fully saturated rings. The fourth-order valence-corrected chi connectivity index (χ4v) is 2.17. The molecule has 19 heavy (non-hydrogen) atoms. The van der Waals surface area contributed by atoms with Gasteiger partial charge in [0, 0.05) is 42.1 Å². The van der Waals surface area contributed by atoms with Crippen molar-refractivity contribution < 1.29 is 0 Å². The summed E-state index contributed by atoms with van der Waals surface area (Å²) in [6, 6.07) is 6.53. The first-order valence-corrected chi connectivity index (χ1v) is 7.03. The third-order valence-corrected chi connectivity index (χ3v) is 3.43. The molecule has 2 aromatic rings. The highest BCUT2D eigenvalue weighted by atomic mass is 35.5. The van der Waals surface area contributed by atoms with E-state index >= 15 is 0 Å². The lowest BCUT2D eigenvalue weighted by atomic mass is 10.1. The van der Waals surface area contributed by atoms with Crippen LogP contribution in [0.4, 0.5) is 0 Å². The Hall–Kier alpha value is -1.32. The number of benzene rings is 1. The Morgan fingerprint density at radius 2 is 2.16 bits per heavy atom. The van der Waals surface area contributed by atoms with Crippen LogP contribution in [0, 0.1) is 0 Å². The van der Waals surface area contributed by atoms with E-state index in [1.54, 1.807) is 0 Å². The van der Waals surface area contributed by atoms with Crippen molar-refractivity contribution in [1.29, 1.82) is 0 Å². The van der Waals surface area contributed by atoms with Gasteiger partial charge >= 0.3 is 0 Å². The van der Waals surface area contributed by atoms with E-state index in [-0.39, 0.29) is 0 Å². The fourth-order valence-electron chi connectivity index (χ4n) is 1.99. The van der Waals surface area contributed by atoms with Crippen LogP contribution < -0.4 is 5.32 Å². The standard InChI is InChI=1S/C15H20ClN3/c1-4-19-8-7-17-15(19)12-5-6-14(16)13(9-12)10-18-11(2)3/h5-9,11,18H,4,10H2,1-3H3. The van der Waals surface area contributed by atoms with Gasteiger partial charge in [0.25, 0.3) is 0 Å². The van der Waals surface area contributed by atoms with Crippen molar-refractivity contribution in [1.82, 2.24) is 14.9 Å². The average Bonchev–Trinajstić information content (AvgIpc) is 2.86. The first kappa shape index (κ1) is 14.1. The van der Waals surface area contributed by atoms with E-state index in [4.69, 9.17) is 11.6 Å². The molecular formula is C15H20ClN3. The van der Waals surface area contributed by atoms with Gasteiger partial charge < -0.3 is 9.88 Å². The molecule has 1 heterocycles. The largest absolute Gasteiger partial charge is 0.331 e. The normalized spacial score (nSPS) is 11.2. The van der Waals surface area contributed by atoms with E-state index in [0.29, 0.717) is 6.04 Å². The van der Waals surface area contributed by atoms with E-state index in [1.165, 1.54) is 0 Å². The van der Waals surface area contributed by atoms with E-state index in [2.05, 4.69) is 41.7 Å². The van der Waals surface area contributed by atoms with E-state index in [0.717, 1.165) is 35.1 Å². The van der Waals surface area contributed by atoms with Crippen molar-refractivity contribution in [2.24, 2.45) is 0 Å². The van der Waals surface area contributed by atoms with E-state index in [9.17, 15) is 0 Å². The zero-order chi connectivity index (χ0) is 13.8. The molecule has 4 heteroatoms. The highest BCUT2D eigenvalue weighted by Gasteiger charge is 2.08. The van der Waals surface area contributed by atoms with Gasteiger partial charge in [-0.1, -0.05) is 25.4 Å². The molecule has 0 unspecified atom stereocenters. The van der Waals surface area contributed by atoms with Crippen molar-refractivity contribution >= 4 is 11.6 Å². The summed E-state index contributed by atoms with van der Waals surface area (Å²) in [6.45, 7) is 8.06. The van der Waals surface area contributed by atoms with Crippen molar-refractivity contribution in [2.45, 2.75) is 39.9 Å². The lowest BCUT2D eigenvalue weighted by Gasteiger charge is -2.12. The van der Waals surface area contributed by atoms with Crippen LogP contribution in [0.3, 0.4) is 0 Å². The zero-order valence-corrected chi connectivity index (χ0v) is 12.4. The van der Waals surface area contributed by atoms with Crippen LogP contribution in [0.1, 0.15) is 26.3 Å². The molecule has 0 aliphatic rings. The molecule has 2 rings (SSSR count). The van der Waals surface area contributed by atoms with Crippen LogP contribution in [0.15, 0.2) is 30.6 Å². The molecular weight excluding hydrogens is 258 g/mol. The SMILES string of the molecule is CCn1ccnc1-c1ccc(Cl)c(CNC(C)C)c1. The summed E-state index contributed by atoms with van der Waals surface area (Å²) in [7, 11) is 0. The number of nitrogens with zero attached hydrogens (tertiary/aromatic N) is 2. The van der Waals surface area contributed by atoms with Gasteiger partial charge in [-0.15, -0.1) is 0 Å². The van der Waals surface area contributed by atoms with Gasteiger partial charge in [-0.05, 0) is 30.7 Å². The van der Waals surface area contributed by atoms with Crippen molar-refractivity contribution in [3.63, 3.8) is 0 Å². The topological polar surface area (TPSA) is 29.9 Å². The Bertz CT molecular complexity index is 546. The molecule has 0 aliphatic heterocycles. The monoisotopic (exact) mass is 277 g/mol. The van der Waals surface area contributed by atoms with Crippen LogP contribution in [0.25, 0.3) is 11.4 Å². The summed E-state index contributed by atoms with van der Waals surface area (Å²) in [6.07, 6.45) is 3.83. The molecule has 1 aromatic carbocycles. The lowest BCUT2D eigenvalue weighted by molar-refractivity contribution is 0.589. The van der Waals surface area contributed by atoms with Crippen molar-refractivity contribution in [3.05, 3.63) is 41.2 Å². The van der Waals surface area contributed by atoms with Gasteiger partial charge in [0.1, 0.15) is 5.82 Å². The molecule has 0 spiro atoms. The van der Waals surface area contributed by atoms with Crippen LogP contribution in [-0.2, 0) is 13.1 Å². The molecule has 102 valence electrons. The lowest BCUT2D eigenvalue weighted by Crippen LogP contribution is -2.22. The number of aryl methyl sites for hydroxylation is 1. The molecule has 0 atom stereocenters. The summed E-state index contributed by atoms with van der Waals surface area (Å²) in [5, 5.41) is 4.19. The van der Waals surface area contributed by atoms with Gasteiger partial charge in [0.05, 0.1) is 0 Å². The number of halogens is 1. The second-order valence-electron chi connectivity index (χ2n) is 4.88. The maximum Gasteiger partial charge on any atom is 0.139 e. The van der Waals surface area contributed by atoms with Crippen LogP contribution >= 0.6 is 11.6 Å². The van der Waals surface area contributed by atoms with Crippen molar-refractivity contribution in [2.75, 3.05) is 0 Å². The highest BCUT2D eigenvalue weighted by Crippen LogP contribution is 2.24. The molecule has 1 N–H and O–H groups in total. The molecule has 0 saturated heterocycles. The van der Waals surface area contributed by atoms with E-state index in [1.807, 2.05) is 24.5 Å². The number of aromatic nitrogens is 2. The van der Waals surface area contributed by atoms with E-state index < -0.39 is 0 Å². The van der Waals surface area contributed by atoms with Gasteiger partial charge in [0.2, 0.25) is 0 Å². The highest BCUT2D eigenvalue weighted by molar-refractivity contribution is 6.31. The predicted octanol–water partition coefficient (Wildman–Crippen LogP) is 3.72. The molecule has 0 aliphatic carbocycles. The average molecular weight is 278 g/mol. The minimum atomic E-state index is 0.442. The maximum absolute atomic E-state index is 6.25. The molecule has 0 bridgehead atoms. The van der Waals surface area contributed by atoms with Crippen molar-refractivity contribution in [3.8, 4) is 11.4 Å². The fraction of sp³-hybridized carbons (Fsp3) is 0.400. The minimum absolute atomic E-state index is 0.442. The molecule has 0 saturated carbocycles. The summed E-state index contributed by atoms with van der Waals surface area (Å²) in [4.78, 5) is 4.42. The molecule has 1 aromatic heterocycles. The number of hydrogen-bond acceptors (Lipinski definition) is 2. The smallest absolute Gasteiger partial charge is 0.139 e. The first-order valence-electron chi connectivity index (χ1n) is 6.65. The quantitative estimate of drug-likeness (QED) is 0.903. The van der Waals surface area contributed by atoms with Crippen LogP contribution in [0.2, 0.25) is 5.02 Å². The summed E-state index contributed by atoms with van der Waals surface area (Å²) < 4.78 is 2.13. The molecule has 3 nitrogen and oxygen atoms in total. The predicted molar refractivity (Wildman–Crippen MR) is 80.3 cm³/mol. The number of imidazole rings is 1. The Balaban J connectivity index is 2.30. The summed E-state index contributed by atoms with van der Waals surface area (Å²) >= 11 is 6.25. The minimum Gasteiger partial charge on any atom is -0.331 e. The third kappa shape index (κ3) is 3.37. The van der Waals surface area contributed by atoms with Gasteiger partial charge in [-0.3, -0.25) is 0 Å². The zero-order valence-electron chi connectivity index (χ0n) is 11.7. The van der Waals surface area contributed by atoms with Gasteiger partial charge in [0.15, 0.2) is 0 Å². The van der Waals surface area contributed by atoms with Crippen LogP contribution in [-0.4, -0.2) is 15.6 Å². The third-order valence-electron chi connectivity index (χ3n) is 3.06. The Kier molecular flexibility index (Phi) is 4.61. The van der Waals surface area contributed by atoms with Gasteiger partial charge in [-0.2, -0.15) is 0 Å². The number of nitrogens with one attached hydrogen (secondary N) is 1. The second kappa shape index (κ2) is 6.22. The van der Waals surface area contributed by atoms with Crippen LogP contribution in [0.5, 0.6) is 0 Å². The Morgan fingerprint density at radius 3 is 2.84 bits per heavy atom. The maximum atomic E-state index is 6.25. The Morgan fingerprint density at radius 1 is 1.37 bits per heavy atom. The Labute approximate surface area is 119 Å². The summed E-state index contributed by atoms with van der Waals surface area (Å²) in [5.41, 5.74) is 2.22. The number of rotatable bonds is 5. The first-order chi connectivity index (χ1) is 9.11. The summed E-state index contributed by atoms with van der Waals surface area (Å²) in [5.74, 6) is 0.991. The molecule has 0 radical (unpaired) electrons.